The van der Waals surface area contributed by atoms with E-state index < -0.39 is 0 Å². The van der Waals surface area contributed by atoms with Crippen LogP contribution in [-0.2, 0) is 0 Å². The van der Waals surface area contributed by atoms with Crippen molar-refractivity contribution < 1.29 is 0 Å². The first-order valence-electron chi connectivity index (χ1n) is 4.23. The number of terminal acetylenes is 1. The van der Waals surface area contributed by atoms with Gasteiger partial charge >= 0.3 is 0 Å². The van der Waals surface area contributed by atoms with Crippen LogP contribution in [0.2, 0.25) is 0 Å². The highest BCUT2D eigenvalue weighted by molar-refractivity contribution is 5.35. The van der Waals surface area contributed by atoms with Gasteiger partial charge in [-0.2, -0.15) is 0 Å². The van der Waals surface area contributed by atoms with E-state index in [9.17, 15) is 0 Å². The second kappa shape index (κ2) is 4.37. The standard InChI is InChI=1S/C12H13N/c1-3-10(2)8-11-6-4-5-7-12(11)9-13/h1,4-10H,13H2,2H3/b11-8-,12-9-. The first kappa shape index (κ1) is 9.41. The van der Waals surface area contributed by atoms with Crippen molar-refractivity contribution in [2.75, 3.05) is 0 Å². The van der Waals surface area contributed by atoms with Crippen LogP contribution in [0.15, 0.2) is 24.3 Å². The van der Waals surface area contributed by atoms with Gasteiger partial charge in [-0.25, -0.2) is 0 Å². The summed E-state index contributed by atoms with van der Waals surface area (Å²) in [5.41, 5.74) is 5.47. The van der Waals surface area contributed by atoms with Gasteiger partial charge in [0.25, 0.3) is 0 Å². The molecule has 13 heavy (non-hydrogen) atoms. The molecule has 0 aliphatic heterocycles. The summed E-state index contributed by atoms with van der Waals surface area (Å²) >= 11 is 0. The smallest absolute Gasteiger partial charge is 0.0360 e. The van der Waals surface area contributed by atoms with Gasteiger partial charge in [0.2, 0.25) is 0 Å². The van der Waals surface area contributed by atoms with E-state index in [1.807, 2.05) is 37.3 Å². The molecule has 0 aromatic heterocycles. The minimum atomic E-state index is 0.140. The van der Waals surface area contributed by atoms with Gasteiger partial charge in [0.05, 0.1) is 0 Å². The molecule has 1 atom stereocenters. The summed E-state index contributed by atoms with van der Waals surface area (Å²) in [5.74, 6) is 2.79. The van der Waals surface area contributed by atoms with Crippen molar-refractivity contribution in [3.63, 3.8) is 0 Å². The van der Waals surface area contributed by atoms with E-state index in [0.717, 1.165) is 10.4 Å². The molecule has 0 bridgehead atoms. The van der Waals surface area contributed by atoms with Crippen molar-refractivity contribution in [3.8, 4) is 12.3 Å². The molecule has 1 heteroatoms. The molecule has 0 amide bonds. The minimum Gasteiger partial charge on any atom is -0.404 e. The van der Waals surface area contributed by atoms with Gasteiger partial charge in [-0.05, 0) is 17.4 Å². The van der Waals surface area contributed by atoms with Gasteiger partial charge in [-0.1, -0.05) is 36.3 Å². The summed E-state index contributed by atoms with van der Waals surface area (Å²) in [4.78, 5) is 0. The van der Waals surface area contributed by atoms with E-state index in [4.69, 9.17) is 12.2 Å². The second-order valence-electron chi connectivity index (χ2n) is 2.92. The predicted molar refractivity (Wildman–Crippen MR) is 56.8 cm³/mol. The molecule has 1 aromatic rings. The molecule has 1 nitrogen and oxygen atoms in total. The maximum atomic E-state index is 5.47. The van der Waals surface area contributed by atoms with Crippen LogP contribution in [-0.4, -0.2) is 0 Å². The van der Waals surface area contributed by atoms with Gasteiger partial charge < -0.3 is 5.73 Å². The summed E-state index contributed by atoms with van der Waals surface area (Å²) in [7, 11) is 0. The summed E-state index contributed by atoms with van der Waals surface area (Å²) in [5, 5.41) is 2.11. The number of nitrogens with two attached hydrogens (primary N) is 1. The summed E-state index contributed by atoms with van der Waals surface area (Å²) < 4.78 is 0. The first-order chi connectivity index (χ1) is 6.27. The van der Waals surface area contributed by atoms with Crippen molar-refractivity contribution in [2.45, 2.75) is 6.92 Å². The Bertz CT molecular complexity index is 423. The lowest BCUT2D eigenvalue weighted by Crippen LogP contribution is -2.25. The Kier molecular flexibility index (Phi) is 3.16. The molecule has 1 aromatic carbocycles. The average Bonchev–Trinajstić information content (AvgIpc) is 2.18. The fourth-order valence-electron chi connectivity index (χ4n) is 1.13. The third kappa shape index (κ3) is 2.38. The van der Waals surface area contributed by atoms with Crippen LogP contribution < -0.4 is 16.2 Å². The Balaban J connectivity index is 3.31. The molecule has 1 rings (SSSR count). The quantitative estimate of drug-likeness (QED) is 0.609. The fraction of sp³-hybridized carbons (Fsp3) is 0.167. The zero-order valence-electron chi connectivity index (χ0n) is 7.70. The Morgan fingerprint density at radius 3 is 2.54 bits per heavy atom. The van der Waals surface area contributed by atoms with Crippen LogP contribution in [0.1, 0.15) is 6.92 Å². The number of hydrogen-bond donors (Lipinski definition) is 1. The molecule has 0 saturated heterocycles. The Morgan fingerprint density at radius 1 is 1.38 bits per heavy atom. The summed E-state index contributed by atoms with van der Waals surface area (Å²) in [6.45, 7) is 1.98. The minimum absolute atomic E-state index is 0.140. The molecule has 0 aliphatic rings. The Labute approximate surface area is 78.6 Å². The van der Waals surface area contributed by atoms with Gasteiger partial charge in [0.1, 0.15) is 0 Å². The SMILES string of the molecule is C#CC(C)/C=c1/cccc/c1=C/N. The normalized spacial score (nSPS) is 15.4. The average molecular weight is 171 g/mol. The van der Waals surface area contributed by atoms with Crippen molar-refractivity contribution in [3.05, 3.63) is 34.7 Å². The number of hydrogen-bond acceptors (Lipinski definition) is 1. The van der Waals surface area contributed by atoms with Crippen molar-refractivity contribution in [1.29, 1.82) is 0 Å². The molecule has 0 heterocycles. The van der Waals surface area contributed by atoms with Crippen LogP contribution in [0.25, 0.3) is 12.3 Å². The van der Waals surface area contributed by atoms with Gasteiger partial charge in [-0.15, -0.1) is 6.42 Å². The lowest BCUT2D eigenvalue weighted by Gasteiger charge is -1.94. The van der Waals surface area contributed by atoms with E-state index in [1.165, 1.54) is 0 Å². The zero-order valence-corrected chi connectivity index (χ0v) is 7.70. The van der Waals surface area contributed by atoms with E-state index >= 15 is 0 Å². The Morgan fingerprint density at radius 2 is 2.00 bits per heavy atom. The van der Waals surface area contributed by atoms with Crippen molar-refractivity contribution in [1.82, 2.24) is 0 Å². The molecule has 0 saturated carbocycles. The summed E-state index contributed by atoms with van der Waals surface area (Å²) in [6, 6.07) is 7.90. The zero-order chi connectivity index (χ0) is 9.68. The number of benzene rings is 1. The molecule has 2 N–H and O–H groups in total. The molecule has 66 valence electrons. The van der Waals surface area contributed by atoms with E-state index in [0.29, 0.717) is 0 Å². The van der Waals surface area contributed by atoms with Crippen LogP contribution in [0, 0.1) is 18.3 Å². The molecule has 0 aliphatic carbocycles. The maximum absolute atomic E-state index is 5.47. The third-order valence-electron chi connectivity index (χ3n) is 1.87. The van der Waals surface area contributed by atoms with Crippen LogP contribution in [0.3, 0.4) is 0 Å². The molecule has 1 unspecified atom stereocenters. The van der Waals surface area contributed by atoms with E-state index in [2.05, 4.69) is 5.92 Å². The Hall–Kier alpha value is -1.68. The highest BCUT2D eigenvalue weighted by atomic mass is 14.5. The topological polar surface area (TPSA) is 26.0 Å². The number of rotatable bonds is 1. The molecule has 0 fully saturated rings. The largest absolute Gasteiger partial charge is 0.404 e. The monoisotopic (exact) mass is 171 g/mol. The lowest BCUT2D eigenvalue weighted by atomic mass is 10.1. The lowest BCUT2D eigenvalue weighted by molar-refractivity contribution is 1.04. The summed E-state index contributed by atoms with van der Waals surface area (Å²) in [6.07, 6.45) is 8.91. The van der Waals surface area contributed by atoms with Crippen molar-refractivity contribution in [2.24, 2.45) is 11.7 Å². The molecule has 0 spiro atoms. The highest BCUT2D eigenvalue weighted by Crippen LogP contribution is 1.90. The fourth-order valence-corrected chi connectivity index (χ4v) is 1.13. The molecular weight excluding hydrogens is 158 g/mol. The second-order valence-corrected chi connectivity index (χ2v) is 2.92. The van der Waals surface area contributed by atoms with E-state index in [1.54, 1.807) is 6.20 Å². The molecule has 0 radical (unpaired) electrons. The van der Waals surface area contributed by atoms with Gasteiger partial charge in [0, 0.05) is 12.1 Å². The van der Waals surface area contributed by atoms with Crippen LogP contribution >= 0.6 is 0 Å². The van der Waals surface area contributed by atoms with Crippen molar-refractivity contribution >= 4 is 12.3 Å². The third-order valence-corrected chi connectivity index (χ3v) is 1.87. The first-order valence-corrected chi connectivity index (χ1v) is 4.23. The highest BCUT2D eigenvalue weighted by Gasteiger charge is 1.89. The predicted octanol–water partition coefficient (Wildman–Crippen LogP) is 0.433. The van der Waals surface area contributed by atoms with Crippen LogP contribution in [0.4, 0.5) is 0 Å². The van der Waals surface area contributed by atoms with Gasteiger partial charge in [-0.3, -0.25) is 0 Å². The van der Waals surface area contributed by atoms with E-state index in [-0.39, 0.29) is 5.92 Å². The van der Waals surface area contributed by atoms with Gasteiger partial charge in [0.15, 0.2) is 0 Å². The maximum Gasteiger partial charge on any atom is 0.0360 e. The van der Waals surface area contributed by atoms with Crippen LogP contribution in [0.5, 0.6) is 0 Å². The molecular formula is C12H13N.